The number of carbonyl (C=O) groups is 1. The predicted molar refractivity (Wildman–Crippen MR) is 84.4 cm³/mol. The van der Waals surface area contributed by atoms with Crippen LogP contribution in [0.5, 0.6) is 0 Å². The number of Topliss-reactive ketones (excluding diaryl/α,β-unsaturated/α-hetero) is 1. The minimum Gasteiger partial charge on any atom is -0.292 e. The molecule has 0 radical (unpaired) electrons. The number of sulfone groups is 1. The molecule has 1 aliphatic heterocycles. The molecule has 2 rings (SSSR count). The molecular formula is C16H23NO3S. The Hall–Kier alpha value is -1.20. The van der Waals surface area contributed by atoms with E-state index < -0.39 is 9.84 Å². The summed E-state index contributed by atoms with van der Waals surface area (Å²) >= 11 is 0. The van der Waals surface area contributed by atoms with E-state index in [1.54, 1.807) is 0 Å². The smallest absolute Gasteiger partial charge is 0.179 e. The largest absolute Gasteiger partial charge is 0.292 e. The van der Waals surface area contributed by atoms with Crippen LogP contribution in [-0.2, 0) is 16.3 Å². The summed E-state index contributed by atoms with van der Waals surface area (Å²) in [5.74, 6) is 0.340. The van der Waals surface area contributed by atoms with Crippen LogP contribution in [0.2, 0.25) is 0 Å². The number of hydrogen-bond donors (Lipinski definition) is 0. The van der Waals surface area contributed by atoms with Gasteiger partial charge in [0, 0.05) is 18.2 Å². The zero-order chi connectivity index (χ0) is 15.6. The van der Waals surface area contributed by atoms with Gasteiger partial charge in [-0.05, 0) is 25.8 Å². The number of ketones is 1. The molecule has 0 aliphatic carbocycles. The van der Waals surface area contributed by atoms with Crippen molar-refractivity contribution in [2.75, 3.05) is 18.1 Å². The Morgan fingerprint density at radius 3 is 2.48 bits per heavy atom. The molecule has 1 fully saturated rings. The van der Waals surface area contributed by atoms with E-state index in [9.17, 15) is 13.2 Å². The standard InChI is InChI=1S/C16H23NO3S/c1-4-14-5-7-15(8-6-14)16(18)13(3)17-9-10-21(19,20)11-12(17)2/h5-8,12-13H,4,9-11H2,1-3H3. The fraction of sp³-hybridized carbons (Fsp3) is 0.562. The molecule has 1 aromatic carbocycles. The minimum atomic E-state index is -2.95. The molecule has 5 heteroatoms. The zero-order valence-electron chi connectivity index (χ0n) is 12.9. The lowest BCUT2D eigenvalue weighted by Gasteiger charge is -2.36. The van der Waals surface area contributed by atoms with E-state index in [0.717, 1.165) is 6.42 Å². The number of hydrogen-bond acceptors (Lipinski definition) is 4. The Morgan fingerprint density at radius 1 is 1.33 bits per heavy atom. The van der Waals surface area contributed by atoms with E-state index in [2.05, 4.69) is 6.92 Å². The van der Waals surface area contributed by atoms with E-state index in [4.69, 9.17) is 0 Å². The Bertz CT molecular complexity index is 607. The molecule has 0 aromatic heterocycles. The topological polar surface area (TPSA) is 54.5 Å². The fourth-order valence-electron chi connectivity index (χ4n) is 2.88. The summed E-state index contributed by atoms with van der Waals surface area (Å²) < 4.78 is 23.3. The lowest BCUT2D eigenvalue weighted by Crippen LogP contribution is -2.53. The Morgan fingerprint density at radius 2 is 1.95 bits per heavy atom. The van der Waals surface area contributed by atoms with Gasteiger partial charge in [0.1, 0.15) is 0 Å². The molecule has 21 heavy (non-hydrogen) atoms. The lowest BCUT2D eigenvalue weighted by atomic mass is 10.0. The van der Waals surface area contributed by atoms with Crippen LogP contribution < -0.4 is 0 Å². The maximum atomic E-state index is 12.6. The third kappa shape index (κ3) is 3.71. The van der Waals surface area contributed by atoms with E-state index in [0.29, 0.717) is 12.1 Å². The first kappa shape index (κ1) is 16.2. The van der Waals surface area contributed by atoms with Gasteiger partial charge in [-0.1, -0.05) is 31.2 Å². The lowest BCUT2D eigenvalue weighted by molar-refractivity contribution is 0.0794. The second kappa shape index (κ2) is 6.28. The number of benzene rings is 1. The second-order valence-corrected chi connectivity index (χ2v) is 8.02. The van der Waals surface area contributed by atoms with Gasteiger partial charge < -0.3 is 0 Å². The van der Waals surface area contributed by atoms with Crippen LogP contribution >= 0.6 is 0 Å². The van der Waals surface area contributed by atoms with Crippen LogP contribution in [0, 0.1) is 0 Å². The summed E-state index contributed by atoms with van der Waals surface area (Å²) in [7, 11) is -2.95. The fourth-order valence-corrected chi connectivity index (χ4v) is 4.47. The summed E-state index contributed by atoms with van der Waals surface area (Å²) in [6.07, 6.45) is 0.949. The molecule has 2 unspecified atom stereocenters. The molecule has 0 spiro atoms. The predicted octanol–water partition coefficient (Wildman–Crippen LogP) is 1.94. The molecular weight excluding hydrogens is 286 g/mol. The van der Waals surface area contributed by atoms with Crippen LogP contribution in [0.4, 0.5) is 0 Å². The first-order chi connectivity index (χ1) is 9.84. The molecule has 0 N–H and O–H groups in total. The minimum absolute atomic E-state index is 0.0591. The number of aryl methyl sites for hydroxylation is 1. The molecule has 1 aliphatic rings. The van der Waals surface area contributed by atoms with E-state index in [1.807, 2.05) is 43.0 Å². The Balaban J connectivity index is 2.11. The van der Waals surface area contributed by atoms with Crippen molar-refractivity contribution >= 4 is 15.6 Å². The third-order valence-corrected chi connectivity index (χ3v) is 6.04. The normalized spacial score (nSPS) is 23.7. The van der Waals surface area contributed by atoms with Gasteiger partial charge in [-0.3, -0.25) is 9.69 Å². The van der Waals surface area contributed by atoms with Crippen molar-refractivity contribution in [3.63, 3.8) is 0 Å². The van der Waals surface area contributed by atoms with Gasteiger partial charge in [-0.2, -0.15) is 0 Å². The molecule has 1 saturated heterocycles. The maximum absolute atomic E-state index is 12.6. The zero-order valence-corrected chi connectivity index (χ0v) is 13.7. The quantitative estimate of drug-likeness (QED) is 0.798. The van der Waals surface area contributed by atoms with Gasteiger partial charge in [-0.25, -0.2) is 8.42 Å². The van der Waals surface area contributed by atoms with E-state index in [-0.39, 0.29) is 29.4 Å². The molecule has 0 bridgehead atoms. The molecule has 0 amide bonds. The van der Waals surface area contributed by atoms with Gasteiger partial charge in [0.25, 0.3) is 0 Å². The average Bonchev–Trinajstić information content (AvgIpc) is 2.45. The van der Waals surface area contributed by atoms with E-state index >= 15 is 0 Å². The summed E-state index contributed by atoms with van der Waals surface area (Å²) in [6, 6.07) is 7.28. The van der Waals surface area contributed by atoms with Gasteiger partial charge in [-0.15, -0.1) is 0 Å². The van der Waals surface area contributed by atoms with Crippen molar-refractivity contribution in [2.45, 2.75) is 39.3 Å². The van der Waals surface area contributed by atoms with Crippen molar-refractivity contribution in [3.8, 4) is 0 Å². The molecule has 116 valence electrons. The van der Waals surface area contributed by atoms with Crippen LogP contribution in [0.15, 0.2) is 24.3 Å². The summed E-state index contributed by atoms with van der Waals surface area (Å²) in [4.78, 5) is 14.6. The highest BCUT2D eigenvalue weighted by atomic mass is 32.2. The van der Waals surface area contributed by atoms with Crippen LogP contribution in [-0.4, -0.2) is 49.2 Å². The van der Waals surface area contributed by atoms with Gasteiger partial charge in [0.15, 0.2) is 15.6 Å². The first-order valence-electron chi connectivity index (χ1n) is 7.43. The second-order valence-electron chi connectivity index (χ2n) is 5.79. The highest BCUT2D eigenvalue weighted by Gasteiger charge is 2.33. The number of rotatable bonds is 4. The number of nitrogens with zero attached hydrogens (tertiary/aromatic N) is 1. The summed E-state index contributed by atoms with van der Waals surface area (Å²) in [6.45, 7) is 6.25. The molecule has 4 nitrogen and oxygen atoms in total. The van der Waals surface area contributed by atoms with Crippen molar-refractivity contribution in [2.24, 2.45) is 0 Å². The summed E-state index contributed by atoms with van der Waals surface area (Å²) in [5, 5.41) is 0. The van der Waals surface area contributed by atoms with Gasteiger partial charge in [0.05, 0.1) is 17.5 Å². The molecule has 2 atom stereocenters. The first-order valence-corrected chi connectivity index (χ1v) is 9.25. The van der Waals surface area contributed by atoms with Crippen molar-refractivity contribution in [3.05, 3.63) is 35.4 Å². The van der Waals surface area contributed by atoms with Crippen molar-refractivity contribution in [1.29, 1.82) is 0 Å². The van der Waals surface area contributed by atoms with Gasteiger partial charge in [0.2, 0.25) is 0 Å². The van der Waals surface area contributed by atoms with E-state index in [1.165, 1.54) is 5.56 Å². The van der Waals surface area contributed by atoms with Crippen molar-refractivity contribution in [1.82, 2.24) is 4.90 Å². The van der Waals surface area contributed by atoms with Gasteiger partial charge >= 0.3 is 0 Å². The average molecular weight is 309 g/mol. The van der Waals surface area contributed by atoms with Crippen LogP contribution in [0.3, 0.4) is 0 Å². The maximum Gasteiger partial charge on any atom is 0.179 e. The SMILES string of the molecule is CCc1ccc(C(=O)C(C)N2CCS(=O)(=O)CC2C)cc1. The molecule has 0 saturated carbocycles. The molecule has 1 aromatic rings. The van der Waals surface area contributed by atoms with Crippen LogP contribution in [0.1, 0.15) is 36.7 Å². The third-order valence-electron chi connectivity index (χ3n) is 4.25. The number of carbonyl (C=O) groups excluding carboxylic acids is 1. The highest BCUT2D eigenvalue weighted by Crippen LogP contribution is 2.18. The van der Waals surface area contributed by atoms with Crippen molar-refractivity contribution < 1.29 is 13.2 Å². The van der Waals surface area contributed by atoms with Crippen LogP contribution in [0.25, 0.3) is 0 Å². The summed E-state index contributed by atoms with van der Waals surface area (Å²) in [5.41, 5.74) is 1.90. The molecule has 1 heterocycles. The Labute approximate surface area is 127 Å². The highest BCUT2D eigenvalue weighted by molar-refractivity contribution is 7.91. The monoisotopic (exact) mass is 309 g/mol. The Kier molecular flexibility index (Phi) is 4.84.